The van der Waals surface area contributed by atoms with Crippen LogP contribution in [0.4, 0.5) is 8.78 Å². The van der Waals surface area contributed by atoms with Gasteiger partial charge in [-0.05, 0) is 85.7 Å². The highest BCUT2D eigenvalue weighted by Crippen LogP contribution is 2.32. The summed E-state index contributed by atoms with van der Waals surface area (Å²) in [7, 11) is 0. The van der Waals surface area contributed by atoms with Gasteiger partial charge < -0.3 is 20.9 Å². The zero-order chi connectivity index (χ0) is 31.5. The van der Waals surface area contributed by atoms with E-state index in [9.17, 15) is 23.2 Å². The van der Waals surface area contributed by atoms with Crippen LogP contribution in [0.2, 0.25) is 0 Å². The number of pyridine rings is 2. The molecule has 45 heavy (non-hydrogen) atoms. The second-order valence-electron chi connectivity index (χ2n) is 11.9. The van der Waals surface area contributed by atoms with Gasteiger partial charge in [0.05, 0.1) is 30.3 Å². The SMILES string of the molecule is CC(NC(=O)[C@@H]1C[C@@H](F)CN1C(=O)CNC(=O)c1ccc2cc(F)ccc2n1)c1cc(C2=CCCNC2)ncc1/C=C/C1CC1. The predicted octanol–water partition coefficient (Wildman–Crippen LogP) is 4.12. The Morgan fingerprint density at radius 2 is 2.02 bits per heavy atom. The van der Waals surface area contributed by atoms with E-state index in [4.69, 9.17) is 4.98 Å². The first-order valence-electron chi connectivity index (χ1n) is 15.4. The van der Waals surface area contributed by atoms with E-state index in [1.807, 2.05) is 25.3 Å². The van der Waals surface area contributed by atoms with Gasteiger partial charge in [0.1, 0.15) is 23.7 Å². The third-order valence-corrected chi connectivity index (χ3v) is 8.48. The van der Waals surface area contributed by atoms with E-state index in [1.54, 1.807) is 6.07 Å². The normalized spacial score (nSPS) is 20.7. The van der Waals surface area contributed by atoms with Gasteiger partial charge in [-0.25, -0.2) is 13.8 Å². The summed E-state index contributed by atoms with van der Waals surface area (Å²) < 4.78 is 28.1. The van der Waals surface area contributed by atoms with Crippen LogP contribution in [0.15, 0.2) is 54.7 Å². The lowest BCUT2D eigenvalue weighted by atomic mass is 9.98. The molecular weight excluding hydrogens is 578 g/mol. The Balaban J connectivity index is 1.13. The Morgan fingerprint density at radius 3 is 2.80 bits per heavy atom. The minimum atomic E-state index is -1.37. The van der Waals surface area contributed by atoms with E-state index in [0.717, 1.165) is 41.9 Å². The number of benzene rings is 1. The molecule has 6 rings (SSSR count). The molecular formula is C34H36F2N6O3. The summed E-state index contributed by atoms with van der Waals surface area (Å²) in [6, 6.07) is 7.58. The van der Waals surface area contributed by atoms with E-state index in [-0.39, 0.29) is 18.7 Å². The lowest BCUT2D eigenvalue weighted by molar-refractivity contribution is -0.138. The molecule has 1 unspecified atom stereocenters. The van der Waals surface area contributed by atoms with Crippen LogP contribution in [0.25, 0.3) is 22.6 Å². The standard InChI is InChI=1S/C34H36F2N6O3/c1-20(27-15-30(24-3-2-12-37-16-24)38-17-23(27)7-6-21-4-5-21)40-34(45)31-14-26(36)19-42(31)32(43)18-39-33(44)29-10-8-22-13-25(35)9-11-28(22)41-29/h3,6-11,13,15,17,20-21,26,31,37H,2,4-5,12,14,16,18-19H2,1H3,(H,39,44)(H,40,45)/b7-6+/t20?,26-,31+/m1/s1. The summed E-state index contributed by atoms with van der Waals surface area (Å²) in [5, 5.41) is 9.43. The van der Waals surface area contributed by atoms with E-state index in [2.05, 4.69) is 33.1 Å². The molecule has 2 aromatic heterocycles. The number of carbonyl (C=O) groups excluding carboxylic acids is 3. The molecule has 3 amide bonds. The first kappa shape index (κ1) is 30.5. The molecule has 2 fully saturated rings. The number of aromatic nitrogens is 2. The molecule has 1 aliphatic carbocycles. The fraction of sp³-hybridized carbons (Fsp3) is 0.382. The molecule has 1 saturated carbocycles. The van der Waals surface area contributed by atoms with Crippen LogP contribution >= 0.6 is 0 Å². The number of halogens is 2. The van der Waals surface area contributed by atoms with Gasteiger partial charge in [-0.15, -0.1) is 0 Å². The van der Waals surface area contributed by atoms with Crippen LogP contribution in [0.1, 0.15) is 66.0 Å². The van der Waals surface area contributed by atoms with Gasteiger partial charge in [0, 0.05) is 24.5 Å². The van der Waals surface area contributed by atoms with Gasteiger partial charge in [0.2, 0.25) is 11.8 Å². The van der Waals surface area contributed by atoms with Crippen molar-refractivity contribution in [3.63, 3.8) is 0 Å². The Morgan fingerprint density at radius 1 is 1.18 bits per heavy atom. The van der Waals surface area contributed by atoms with Crippen LogP contribution in [0.3, 0.4) is 0 Å². The Labute approximate surface area is 260 Å². The van der Waals surface area contributed by atoms with Crippen LogP contribution in [0.5, 0.6) is 0 Å². The minimum Gasteiger partial charge on any atom is -0.348 e. The van der Waals surface area contributed by atoms with Crippen molar-refractivity contribution in [1.82, 2.24) is 30.8 Å². The van der Waals surface area contributed by atoms with Crippen molar-refractivity contribution in [1.29, 1.82) is 0 Å². The molecule has 0 radical (unpaired) electrons. The van der Waals surface area contributed by atoms with E-state index in [0.29, 0.717) is 16.8 Å². The molecule has 0 spiro atoms. The summed E-state index contributed by atoms with van der Waals surface area (Å²) in [5.74, 6) is -1.49. The Bertz CT molecular complexity index is 1690. The quantitative estimate of drug-likeness (QED) is 0.334. The van der Waals surface area contributed by atoms with Crippen LogP contribution in [-0.2, 0) is 9.59 Å². The summed E-state index contributed by atoms with van der Waals surface area (Å²) in [4.78, 5) is 49.5. The third kappa shape index (κ3) is 7.25. The summed E-state index contributed by atoms with van der Waals surface area (Å²) in [6.07, 6.45) is 9.97. The van der Waals surface area contributed by atoms with Crippen molar-refractivity contribution in [3.05, 3.63) is 83.1 Å². The number of rotatable bonds is 9. The number of likely N-dealkylation sites (tertiary alicyclic amines) is 1. The number of nitrogens with zero attached hydrogens (tertiary/aromatic N) is 3. The number of hydrogen-bond acceptors (Lipinski definition) is 6. The molecule has 11 heteroatoms. The maximum absolute atomic E-state index is 14.6. The van der Waals surface area contributed by atoms with Gasteiger partial charge in [-0.1, -0.05) is 24.3 Å². The van der Waals surface area contributed by atoms with Crippen molar-refractivity contribution in [2.45, 2.75) is 50.9 Å². The number of carbonyl (C=O) groups is 3. The van der Waals surface area contributed by atoms with E-state index in [1.165, 1.54) is 42.0 Å². The number of fused-ring (bicyclic) bond motifs is 1. The number of hydrogen-bond donors (Lipinski definition) is 3. The largest absolute Gasteiger partial charge is 0.348 e. The van der Waals surface area contributed by atoms with E-state index >= 15 is 0 Å². The van der Waals surface area contributed by atoms with Crippen molar-refractivity contribution in [3.8, 4) is 0 Å². The van der Waals surface area contributed by atoms with Crippen molar-refractivity contribution in [2.24, 2.45) is 5.92 Å². The summed E-state index contributed by atoms with van der Waals surface area (Å²) >= 11 is 0. The lowest BCUT2D eigenvalue weighted by Gasteiger charge is -2.26. The maximum Gasteiger partial charge on any atom is 0.270 e. The first-order chi connectivity index (χ1) is 21.7. The summed E-state index contributed by atoms with van der Waals surface area (Å²) in [5.41, 5.74) is 4.22. The molecule has 0 bridgehead atoms. The highest BCUT2D eigenvalue weighted by molar-refractivity contribution is 5.97. The fourth-order valence-corrected chi connectivity index (χ4v) is 5.81. The number of allylic oxidation sites excluding steroid dienone is 1. The van der Waals surface area contributed by atoms with Crippen molar-refractivity contribution >= 4 is 40.3 Å². The second-order valence-corrected chi connectivity index (χ2v) is 11.9. The number of nitrogens with one attached hydrogen (secondary N) is 3. The molecule has 2 aliphatic heterocycles. The number of alkyl halides is 1. The average molecular weight is 615 g/mol. The topological polar surface area (TPSA) is 116 Å². The highest BCUT2D eigenvalue weighted by atomic mass is 19.1. The van der Waals surface area contributed by atoms with Crippen molar-refractivity contribution in [2.75, 3.05) is 26.2 Å². The molecule has 3 aliphatic rings. The Kier molecular flexibility index (Phi) is 8.97. The smallest absolute Gasteiger partial charge is 0.270 e. The molecule has 234 valence electrons. The third-order valence-electron chi connectivity index (χ3n) is 8.48. The highest BCUT2D eigenvalue weighted by Gasteiger charge is 2.40. The monoisotopic (exact) mass is 614 g/mol. The lowest BCUT2D eigenvalue weighted by Crippen LogP contribution is -2.49. The zero-order valence-electron chi connectivity index (χ0n) is 25.1. The van der Waals surface area contributed by atoms with Crippen LogP contribution in [-0.4, -0.2) is 71.0 Å². The van der Waals surface area contributed by atoms with Crippen LogP contribution in [0, 0.1) is 11.7 Å². The average Bonchev–Trinajstić information content (AvgIpc) is 3.80. The molecule has 3 aromatic rings. The zero-order valence-corrected chi connectivity index (χ0v) is 25.1. The number of amides is 3. The first-order valence-corrected chi connectivity index (χ1v) is 15.4. The second kappa shape index (κ2) is 13.2. The molecule has 1 saturated heterocycles. The molecule has 3 atom stereocenters. The van der Waals surface area contributed by atoms with Gasteiger partial charge in [0.15, 0.2) is 0 Å². The Hall–Kier alpha value is -4.51. The molecule has 1 aromatic carbocycles. The van der Waals surface area contributed by atoms with Crippen LogP contribution < -0.4 is 16.0 Å². The van der Waals surface area contributed by atoms with Gasteiger partial charge in [-0.2, -0.15) is 0 Å². The van der Waals surface area contributed by atoms with E-state index < -0.39 is 48.3 Å². The molecule has 9 nitrogen and oxygen atoms in total. The maximum atomic E-state index is 14.6. The molecule has 4 heterocycles. The summed E-state index contributed by atoms with van der Waals surface area (Å²) in [6.45, 7) is 2.84. The van der Waals surface area contributed by atoms with Crippen molar-refractivity contribution < 1.29 is 23.2 Å². The van der Waals surface area contributed by atoms with Gasteiger partial charge in [-0.3, -0.25) is 19.4 Å². The minimum absolute atomic E-state index is 0.0536. The van der Waals surface area contributed by atoms with Gasteiger partial charge >= 0.3 is 0 Å². The predicted molar refractivity (Wildman–Crippen MR) is 167 cm³/mol. The van der Waals surface area contributed by atoms with Gasteiger partial charge in [0.25, 0.3) is 5.91 Å². The fourth-order valence-electron chi connectivity index (χ4n) is 5.81. The molecule has 3 N–H and O–H groups in total.